The summed E-state index contributed by atoms with van der Waals surface area (Å²) in [5, 5.41) is 11.5. The summed E-state index contributed by atoms with van der Waals surface area (Å²) >= 11 is 1.16. The summed E-state index contributed by atoms with van der Waals surface area (Å²) in [5.41, 5.74) is 1.54. The smallest absolute Gasteiger partial charge is 0.295 e. The van der Waals surface area contributed by atoms with Crippen molar-refractivity contribution in [3.8, 4) is 22.1 Å². The maximum atomic E-state index is 15.0. The number of nitrogens with one attached hydrogen (secondary N) is 1. The molecule has 0 unspecified atom stereocenters. The molecule has 0 bridgehead atoms. The van der Waals surface area contributed by atoms with Crippen molar-refractivity contribution in [2.45, 2.75) is 46.0 Å². The maximum absolute atomic E-state index is 15.0. The van der Waals surface area contributed by atoms with E-state index in [-0.39, 0.29) is 22.6 Å². The molecule has 0 aliphatic heterocycles. The summed E-state index contributed by atoms with van der Waals surface area (Å²) in [6.45, 7) is 3.93. The van der Waals surface area contributed by atoms with Crippen molar-refractivity contribution < 1.29 is 18.7 Å². The van der Waals surface area contributed by atoms with Gasteiger partial charge < -0.3 is 9.47 Å². The molecule has 33 heavy (non-hydrogen) atoms. The van der Waals surface area contributed by atoms with Crippen molar-refractivity contribution in [2.75, 3.05) is 19.0 Å². The van der Waals surface area contributed by atoms with Crippen LogP contribution in [-0.2, 0) is 0 Å². The lowest BCUT2D eigenvalue weighted by Crippen LogP contribution is -2.15. The van der Waals surface area contributed by atoms with E-state index in [4.69, 9.17) is 9.47 Å². The Bertz CT molecular complexity index is 1150. The van der Waals surface area contributed by atoms with E-state index in [2.05, 4.69) is 25.5 Å². The number of pyridine rings is 2. The molecule has 1 aliphatic rings. The van der Waals surface area contributed by atoms with Crippen molar-refractivity contribution in [2.24, 2.45) is 5.92 Å². The Hall–Kier alpha value is -3.14. The Labute approximate surface area is 195 Å². The van der Waals surface area contributed by atoms with E-state index in [1.165, 1.54) is 51.6 Å². The average Bonchev–Trinajstić information content (AvgIpc) is 3.27. The third-order valence-corrected chi connectivity index (χ3v) is 6.48. The fourth-order valence-electron chi connectivity index (χ4n) is 3.95. The van der Waals surface area contributed by atoms with Crippen LogP contribution in [0.15, 0.2) is 18.5 Å². The van der Waals surface area contributed by atoms with Crippen molar-refractivity contribution in [1.29, 1.82) is 0 Å². The second-order valence-electron chi connectivity index (χ2n) is 8.11. The number of methoxy groups -OCH3 is 1. The lowest BCUT2D eigenvalue weighted by Gasteiger charge is -2.20. The molecule has 0 atom stereocenters. The molecule has 0 aromatic carbocycles. The minimum Gasteiger partial charge on any atom is -0.494 e. The highest BCUT2D eigenvalue weighted by Gasteiger charge is 2.23. The van der Waals surface area contributed by atoms with Gasteiger partial charge in [0.25, 0.3) is 11.1 Å². The van der Waals surface area contributed by atoms with Crippen LogP contribution in [-0.4, -0.2) is 39.8 Å². The second-order valence-corrected chi connectivity index (χ2v) is 9.05. The van der Waals surface area contributed by atoms with Gasteiger partial charge in [-0.15, -0.1) is 5.10 Å². The number of ether oxygens (including phenoxy) is 2. The Morgan fingerprint density at radius 2 is 1.97 bits per heavy atom. The highest BCUT2D eigenvalue weighted by atomic mass is 32.1. The van der Waals surface area contributed by atoms with E-state index in [9.17, 15) is 4.79 Å². The Kier molecular flexibility index (Phi) is 7.12. The van der Waals surface area contributed by atoms with Gasteiger partial charge in [-0.1, -0.05) is 24.4 Å². The van der Waals surface area contributed by atoms with Gasteiger partial charge in [-0.3, -0.25) is 20.1 Å². The number of aryl methyl sites for hydroxylation is 2. The normalized spacial score (nSPS) is 14.2. The molecular weight excluding hydrogens is 445 g/mol. The Morgan fingerprint density at radius 3 is 2.73 bits per heavy atom. The fraction of sp³-hybridized carbons (Fsp3) is 0.435. The van der Waals surface area contributed by atoms with Gasteiger partial charge in [0.05, 0.1) is 36.7 Å². The van der Waals surface area contributed by atoms with Crippen LogP contribution < -0.4 is 14.8 Å². The molecule has 0 saturated heterocycles. The van der Waals surface area contributed by atoms with E-state index in [1.54, 1.807) is 19.9 Å². The molecule has 1 N–H and O–H groups in total. The van der Waals surface area contributed by atoms with Crippen molar-refractivity contribution in [3.05, 3.63) is 41.2 Å². The number of amides is 1. The summed E-state index contributed by atoms with van der Waals surface area (Å²) in [6, 6.07) is 1.65. The number of hydrogen-bond acceptors (Lipinski definition) is 8. The SMILES string of the molecule is COc1cnc(C)c(F)c1-c1cc(C)ncc1C(=O)Nc1nnc(OCC2CCCCC2)s1. The van der Waals surface area contributed by atoms with Gasteiger partial charge >= 0.3 is 0 Å². The highest BCUT2D eigenvalue weighted by Crippen LogP contribution is 2.36. The number of carbonyl (C=O) groups is 1. The zero-order valence-electron chi connectivity index (χ0n) is 18.9. The first-order chi connectivity index (χ1) is 16.0. The molecule has 1 fully saturated rings. The number of nitrogens with zero attached hydrogens (tertiary/aromatic N) is 4. The predicted molar refractivity (Wildman–Crippen MR) is 123 cm³/mol. The van der Waals surface area contributed by atoms with Crippen LogP contribution in [0.2, 0.25) is 0 Å². The lowest BCUT2D eigenvalue weighted by molar-refractivity contribution is 0.102. The summed E-state index contributed by atoms with van der Waals surface area (Å²) < 4.78 is 26.2. The summed E-state index contributed by atoms with van der Waals surface area (Å²) in [7, 11) is 1.43. The van der Waals surface area contributed by atoms with Gasteiger partial charge in [0.15, 0.2) is 5.82 Å². The molecule has 174 valence electrons. The number of halogens is 1. The van der Waals surface area contributed by atoms with Crippen LogP contribution in [0.4, 0.5) is 9.52 Å². The van der Waals surface area contributed by atoms with Crippen molar-refractivity contribution in [3.63, 3.8) is 0 Å². The zero-order valence-corrected chi connectivity index (χ0v) is 19.7. The molecule has 1 aliphatic carbocycles. The molecule has 1 saturated carbocycles. The Morgan fingerprint density at radius 1 is 1.18 bits per heavy atom. The number of carbonyl (C=O) groups excluding carboxylic acids is 1. The molecule has 3 aromatic heterocycles. The van der Waals surface area contributed by atoms with Crippen LogP contribution in [0, 0.1) is 25.6 Å². The molecule has 0 radical (unpaired) electrons. The molecule has 4 rings (SSSR count). The van der Waals surface area contributed by atoms with Crippen LogP contribution in [0.25, 0.3) is 11.1 Å². The van der Waals surface area contributed by atoms with Gasteiger partial charge in [0.2, 0.25) is 5.13 Å². The molecule has 8 nitrogen and oxygen atoms in total. The van der Waals surface area contributed by atoms with E-state index < -0.39 is 11.7 Å². The molecule has 10 heteroatoms. The number of anilines is 1. The highest BCUT2D eigenvalue weighted by molar-refractivity contribution is 7.17. The molecule has 3 heterocycles. The van der Waals surface area contributed by atoms with Crippen LogP contribution in [0.3, 0.4) is 0 Å². The van der Waals surface area contributed by atoms with Crippen LogP contribution >= 0.6 is 11.3 Å². The fourth-order valence-corrected chi connectivity index (χ4v) is 4.54. The monoisotopic (exact) mass is 471 g/mol. The minimum atomic E-state index is -0.552. The summed E-state index contributed by atoms with van der Waals surface area (Å²) in [5.74, 6) is -0.269. The predicted octanol–water partition coefficient (Wildman–Crippen LogP) is 4.97. The maximum Gasteiger partial charge on any atom is 0.295 e. The minimum absolute atomic E-state index is 0.161. The first-order valence-corrected chi connectivity index (χ1v) is 11.7. The molecule has 0 spiro atoms. The van der Waals surface area contributed by atoms with Gasteiger partial charge in [0, 0.05) is 17.5 Å². The Balaban J connectivity index is 1.54. The first kappa shape index (κ1) is 23.0. The van der Waals surface area contributed by atoms with E-state index in [1.807, 2.05) is 0 Å². The standard InChI is InChI=1S/C23H26FN5O3S/c1-13-9-16(19-18(31-3)11-26-14(2)20(19)24)17(10-25-13)21(30)27-22-28-29-23(33-22)32-12-15-7-5-4-6-8-15/h9-11,15H,4-8,12H2,1-3H3,(H,27,28,30). The first-order valence-electron chi connectivity index (χ1n) is 10.9. The number of hydrogen-bond donors (Lipinski definition) is 1. The van der Waals surface area contributed by atoms with E-state index in [0.29, 0.717) is 34.1 Å². The number of aromatic nitrogens is 4. The van der Waals surface area contributed by atoms with E-state index in [0.717, 1.165) is 11.3 Å². The van der Waals surface area contributed by atoms with Crippen molar-refractivity contribution in [1.82, 2.24) is 20.2 Å². The lowest BCUT2D eigenvalue weighted by atomic mass is 9.90. The van der Waals surface area contributed by atoms with Crippen LogP contribution in [0.1, 0.15) is 53.8 Å². The molecule has 3 aromatic rings. The van der Waals surface area contributed by atoms with Crippen LogP contribution in [0.5, 0.6) is 10.9 Å². The quantitative estimate of drug-likeness (QED) is 0.519. The number of rotatable bonds is 7. The molecular formula is C23H26FN5O3S. The van der Waals surface area contributed by atoms with E-state index >= 15 is 4.39 Å². The summed E-state index contributed by atoms with van der Waals surface area (Å²) in [6.07, 6.45) is 8.94. The topological polar surface area (TPSA) is 99.1 Å². The second kappa shape index (κ2) is 10.2. The van der Waals surface area contributed by atoms with Gasteiger partial charge in [-0.05, 0) is 50.0 Å². The van der Waals surface area contributed by atoms with Gasteiger partial charge in [0.1, 0.15) is 5.75 Å². The van der Waals surface area contributed by atoms with Gasteiger partial charge in [-0.2, -0.15) is 0 Å². The largest absolute Gasteiger partial charge is 0.494 e. The third kappa shape index (κ3) is 5.27. The summed E-state index contributed by atoms with van der Waals surface area (Å²) in [4.78, 5) is 21.3. The zero-order chi connectivity index (χ0) is 23.4. The molecule has 1 amide bonds. The third-order valence-electron chi connectivity index (χ3n) is 5.73. The van der Waals surface area contributed by atoms with Crippen molar-refractivity contribution >= 4 is 22.4 Å². The average molecular weight is 472 g/mol. The van der Waals surface area contributed by atoms with Gasteiger partial charge in [-0.25, -0.2) is 4.39 Å².